The van der Waals surface area contributed by atoms with E-state index in [4.69, 9.17) is 10.6 Å². The minimum absolute atomic E-state index is 0.230. The number of hydrogen-bond donors (Lipinski definition) is 2. The lowest BCUT2D eigenvalue weighted by Gasteiger charge is -2.39. The summed E-state index contributed by atoms with van der Waals surface area (Å²) in [6.45, 7) is 4.82. The van der Waals surface area contributed by atoms with Crippen LogP contribution in [0, 0.1) is 5.92 Å². The van der Waals surface area contributed by atoms with Crippen LogP contribution in [0.15, 0.2) is 0 Å². The van der Waals surface area contributed by atoms with Crippen molar-refractivity contribution in [3.8, 4) is 0 Å². The van der Waals surface area contributed by atoms with Gasteiger partial charge in [-0.15, -0.1) is 0 Å². The molecule has 1 fully saturated rings. The Labute approximate surface area is 97.6 Å². The van der Waals surface area contributed by atoms with Crippen LogP contribution < -0.4 is 11.3 Å². The van der Waals surface area contributed by atoms with E-state index in [2.05, 4.69) is 5.43 Å². The second-order valence-corrected chi connectivity index (χ2v) is 7.57. The zero-order valence-corrected chi connectivity index (χ0v) is 11.0. The molecular formula is C10H22N2O3S. The average Bonchev–Trinajstić information content (AvgIpc) is 2.18. The molecule has 0 radical (unpaired) electrons. The fraction of sp³-hybridized carbons (Fsp3) is 1.00. The summed E-state index contributed by atoms with van der Waals surface area (Å²) in [6.07, 6.45) is 2.97. The van der Waals surface area contributed by atoms with Crippen molar-refractivity contribution in [2.24, 2.45) is 11.8 Å². The van der Waals surface area contributed by atoms with E-state index in [1.165, 1.54) is 6.26 Å². The van der Waals surface area contributed by atoms with E-state index in [9.17, 15) is 8.42 Å². The maximum absolute atomic E-state index is 11.8. The first-order valence-electron chi connectivity index (χ1n) is 5.54. The molecule has 96 valence electrons. The van der Waals surface area contributed by atoms with Crippen LogP contribution in [0.4, 0.5) is 0 Å². The first-order chi connectivity index (χ1) is 7.30. The second-order valence-electron chi connectivity index (χ2n) is 4.97. The molecule has 1 rings (SSSR count). The summed E-state index contributed by atoms with van der Waals surface area (Å²) < 4.78 is 28.0. The smallest absolute Gasteiger partial charge is 0.154 e. The van der Waals surface area contributed by atoms with E-state index in [0.717, 1.165) is 12.8 Å². The molecule has 0 aromatic carbocycles. The molecule has 0 amide bonds. The van der Waals surface area contributed by atoms with Crippen molar-refractivity contribution in [1.29, 1.82) is 0 Å². The number of sulfone groups is 1. The highest BCUT2D eigenvalue weighted by Gasteiger charge is 2.42. The number of hydrazine groups is 1. The zero-order chi connectivity index (χ0) is 12.4. The van der Waals surface area contributed by atoms with E-state index in [0.29, 0.717) is 13.2 Å². The van der Waals surface area contributed by atoms with Gasteiger partial charge in [0.2, 0.25) is 0 Å². The van der Waals surface area contributed by atoms with E-state index in [-0.39, 0.29) is 12.0 Å². The predicted octanol–water partition coefficient (Wildman–Crippen LogP) is 0.0681. The van der Waals surface area contributed by atoms with E-state index in [1.807, 2.05) is 0 Å². The SMILES string of the molecule is CC(C)(C(NN)C1CCOCC1)S(C)(=O)=O. The van der Waals surface area contributed by atoms with Crippen LogP contribution >= 0.6 is 0 Å². The molecule has 0 aliphatic carbocycles. The highest BCUT2D eigenvalue weighted by molar-refractivity contribution is 7.92. The molecule has 1 heterocycles. The van der Waals surface area contributed by atoms with Gasteiger partial charge in [0.25, 0.3) is 0 Å². The topological polar surface area (TPSA) is 81.4 Å². The lowest BCUT2D eigenvalue weighted by molar-refractivity contribution is 0.0491. The van der Waals surface area contributed by atoms with Crippen LogP contribution in [-0.2, 0) is 14.6 Å². The van der Waals surface area contributed by atoms with Crippen LogP contribution in [0.5, 0.6) is 0 Å². The Hall–Kier alpha value is -0.170. The van der Waals surface area contributed by atoms with E-state index >= 15 is 0 Å². The first-order valence-corrected chi connectivity index (χ1v) is 7.43. The molecule has 0 aromatic rings. The summed E-state index contributed by atoms with van der Waals surface area (Å²) in [6, 6.07) is -0.230. The normalized spacial score (nSPS) is 22.0. The zero-order valence-electron chi connectivity index (χ0n) is 10.2. The van der Waals surface area contributed by atoms with Crippen molar-refractivity contribution < 1.29 is 13.2 Å². The van der Waals surface area contributed by atoms with Crippen molar-refractivity contribution in [2.45, 2.75) is 37.5 Å². The van der Waals surface area contributed by atoms with Crippen LogP contribution in [-0.4, -0.2) is 38.7 Å². The summed E-state index contributed by atoms with van der Waals surface area (Å²) in [7, 11) is -3.15. The molecule has 5 nitrogen and oxygen atoms in total. The van der Waals surface area contributed by atoms with Gasteiger partial charge in [-0.05, 0) is 32.6 Å². The van der Waals surface area contributed by atoms with Gasteiger partial charge in [-0.3, -0.25) is 11.3 Å². The molecule has 1 atom stereocenters. The van der Waals surface area contributed by atoms with Gasteiger partial charge in [-0.1, -0.05) is 0 Å². The molecule has 0 spiro atoms. The Morgan fingerprint density at radius 1 is 1.38 bits per heavy atom. The van der Waals surface area contributed by atoms with Gasteiger partial charge in [0.05, 0.1) is 4.75 Å². The van der Waals surface area contributed by atoms with Crippen LogP contribution in [0.1, 0.15) is 26.7 Å². The van der Waals surface area contributed by atoms with Crippen molar-refractivity contribution in [3.63, 3.8) is 0 Å². The predicted molar refractivity (Wildman–Crippen MR) is 63.6 cm³/mol. The summed E-state index contributed by atoms with van der Waals surface area (Å²) >= 11 is 0. The Morgan fingerprint density at radius 3 is 2.25 bits per heavy atom. The summed E-state index contributed by atoms with van der Waals surface area (Å²) in [5.41, 5.74) is 2.68. The third kappa shape index (κ3) is 2.74. The first kappa shape index (κ1) is 13.9. The molecule has 1 saturated heterocycles. The third-order valence-electron chi connectivity index (χ3n) is 3.62. The van der Waals surface area contributed by atoms with Gasteiger partial charge in [0.15, 0.2) is 9.84 Å². The number of nitrogens with two attached hydrogens (primary N) is 1. The van der Waals surface area contributed by atoms with Crippen molar-refractivity contribution >= 4 is 9.84 Å². The maximum Gasteiger partial charge on any atom is 0.154 e. The third-order valence-corrected chi connectivity index (χ3v) is 5.79. The molecule has 0 aromatic heterocycles. The van der Waals surface area contributed by atoms with Crippen LogP contribution in [0.25, 0.3) is 0 Å². The summed E-state index contributed by atoms with van der Waals surface area (Å²) in [5, 5.41) is 0. The highest BCUT2D eigenvalue weighted by Crippen LogP contribution is 2.30. The molecule has 0 saturated carbocycles. The molecule has 3 N–H and O–H groups in total. The number of ether oxygens (including phenoxy) is 1. The minimum atomic E-state index is -3.15. The van der Waals surface area contributed by atoms with Gasteiger partial charge in [0.1, 0.15) is 0 Å². The van der Waals surface area contributed by atoms with Gasteiger partial charge < -0.3 is 4.74 Å². The molecule has 1 aliphatic heterocycles. The Morgan fingerprint density at radius 2 is 1.88 bits per heavy atom. The Bertz CT molecular complexity index is 321. The number of nitrogens with one attached hydrogen (secondary N) is 1. The molecule has 1 unspecified atom stereocenters. The molecule has 16 heavy (non-hydrogen) atoms. The maximum atomic E-state index is 11.8. The van der Waals surface area contributed by atoms with E-state index in [1.54, 1.807) is 13.8 Å². The minimum Gasteiger partial charge on any atom is -0.381 e. The number of hydrogen-bond acceptors (Lipinski definition) is 5. The van der Waals surface area contributed by atoms with Gasteiger partial charge >= 0.3 is 0 Å². The van der Waals surface area contributed by atoms with Crippen molar-refractivity contribution in [1.82, 2.24) is 5.43 Å². The second kappa shape index (κ2) is 5.00. The monoisotopic (exact) mass is 250 g/mol. The molecule has 0 bridgehead atoms. The average molecular weight is 250 g/mol. The van der Waals surface area contributed by atoms with Gasteiger partial charge in [-0.2, -0.15) is 0 Å². The van der Waals surface area contributed by atoms with Crippen molar-refractivity contribution in [2.75, 3.05) is 19.5 Å². The Balaban J connectivity index is 2.88. The Kier molecular flexibility index (Phi) is 4.34. The van der Waals surface area contributed by atoms with Crippen molar-refractivity contribution in [3.05, 3.63) is 0 Å². The summed E-state index contributed by atoms with van der Waals surface area (Å²) in [5.74, 6) is 5.78. The van der Waals surface area contributed by atoms with Crippen LogP contribution in [0.3, 0.4) is 0 Å². The lowest BCUT2D eigenvalue weighted by Crippen LogP contribution is -2.58. The quantitative estimate of drug-likeness (QED) is 0.545. The molecular weight excluding hydrogens is 228 g/mol. The lowest BCUT2D eigenvalue weighted by atomic mass is 9.85. The van der Waals surface area contributed by atoms with Gasteiger partial charge in [-0.25, -0.2) is 8.42 Å². The van der Waals surface area contributed by atoms with Gasteiger partial charge in [0, 0.05) is 25.5 Å². The molecule has 1 aliphatic rings. The summed E-state index contributed by atoms with van der Waals surface area (Å²) in [4.78, 5) is 0. The largest absolute Gasteiger partial charge is 0.381 e. The highest BCUT2D eigenvalue weighted by atomic mass is 32.2. The van der Waals surface area contributed by atoms with Crippen LogP contribution in [0.2, 0.25) is 0 Å². The fourth-order valence-electron chi connectivity index (χ4n) is 2.18. The number of rotatable bonds is 4. The fourth-order valence-corrected chi connectivity index (χ4v) is 2.91. The standard InChI is InChI=1S/C10H22N2O3S/c1-10(2,16(3,13)14)9(12-11)8-4-6-15-7-5-8/h8-9,12H,4-7,11H2,1-3H3. The molecule has 6 heteroatoms. The van der Waals surface area contributed by atoms with E-state index < -0.39 is 14.6 Å².